The molecule has 0 unspecified atom stereocenters. The Hall–Kier alpha value is -3.65. The highest BCUT2D eigenvalue weighted by Crippen LogP contribution is 2.34. The highest BCUT2D eigenvalue weighted by molar-refractivity contribution is 7.98. The number of benzene rings is 3. The standard InChI is InChI=1S/C26H28N2O5S/c1-26(2,3)27-25(30)28-34-23-16-19(24(29)32-5)11-14-22(23)33-21-8-6-7-18(15-21)17-9-12-20(31-4)13-10-17/h6-16H,1-5H3,(H2,27,28,30). The molecular weight excluding hydrogens is 452 g/mol. The lowest BCUT2D eigenvalue weighted by Crippen LogP contribution is -2.44. The Morgan fingerprint density at radius 3 is 2.24 bits per heavy atom. The van der Waals surface area contributed by atoms with Crippen molar-refractivity contribution in [1.29, 1.82) is 0 Å². The van der Waals surface area contributed by atoms with Gasteiger partial charge in [0.1, 0.15) is 17.2 Å². The molecule has 7 nitrogen and oxygen atoms in total. The average molecular weight is 481 g/mol. The third-order valence-corrected chi connectivity index (χ3v) is 5.42. The van der Waals surface area contributed by atoms with Gasteiger partial charge in [-0.15, -0.1) is 0 Å². The molecule has 0 fully saturated rings. The normalized spacial score (nSPS) is 10.9. The molecule has 0 saturated heterocycles. The van der Waals surface area contributed by atoms with Crippen LogP contribution in [0.1, 0.15) is 31.1 Å². The van der Waals surface area contributed by atoms with Crippen LogP contribution >= 0.6 is 11.9 Å². The monoisotopic (exact) mass is 480 g/mol. The summed E-state index contributed by atoms with van der Waals surface area (Å²) in [6.45, 7) is 5.67. The van der Waals surface area contributed by atoms with Crippen molar-refractivity contribution in [1.82, 2.24) is 10.0 Å². The van der Waals surface area contributed by atoms with Gasteiger partial charge in [0.2, 0.25) is 0 Å². The lowest BCUT2D eigenvalue weighted by molar-refractivity contribution is 0.0600. The van der Waals surface area contributed by atoms with Crippen molar-refractivity contribution in [3.05, 3.63) is 72.3 Å². The van der Waals surface area contributed by atoms with Gasteiger partial charge >= 0.3 is 12.0 Å². The molecule has 3 rings (SSSR count). The Labute approximate surface area is 203 Å². The number of esters is 1. The van der Waals surface area contributed by atoms with Crippen molar-refractivity contribution in [2.24, 2.45) is 0 Å². The first-order chi connectivity index (χ1) is 16.2. The maximum absolute atomic E-state index is 12.2. The number of methoxy groups -OCH3 is 2. The summed E-state index contributed by atoms with van der Waals surface area (Å²) in [6.07, 6.45) is 0. The van der Waals surface area contributed by atoms with Gasteiger partial charge in [0.05, 0.1) is 24.7 Å². The Morgan fingerprint density at radius 2 is 1.59 bits per heavy atom. The van der Waals surface area contributed by atoms with Gasteiger partial charge in [0.25, 0.3) is 0 Å². The van der Waals surface area contributed by atoms with E-state index in [9.17, 15) is 9.59 Å². The van der Waals surface area contributed by atoms with Crippen molar-refractivity contribution in [3.63, 3.8) is 0 Å². The van der Waals surface area contributed by atoms with E-state index < -0.39 is 5.97 Å². The molecule has 3 aromatic carbocycles. The van der Waals surface area contributed by atoms with Crippen LogP contribution in [0.4, 0.5) is 4.79 Å². The van der Waals surface area contributed by atoms with E-state index in [-0.39, 0.29) is 11.6 Å². The van der Waals surface area contributed by atoms with Crippen LogP contribution in [0.2, 0.25) is 0 Å². The molecule has 0 bridgehead atoms. The molecule has 2 amide bonds. The summed E-state index contributed by atoms with van der Waals surface area (Å²) in [5, 5.41) is 2.83. The molecule has 0 aliphatic carbocycles. The predicted molar refractivity (Wildman–Crippen MR) is 134 cm³/mol. The van der Waals surface area contributed by atoms with E-state index in [0.29, 0.717) is 22.0 Å². The van der Waals surface area contributed by atoms with E-state index in [2.05, 4.69) is 10.0 Å². The van der Waals surface area contributed by atoms with Crippen LogP contribution in [-0.4, -0.2) is 31.8 Å². The first-order valence-electron chi connectivity index (χ1n) is 10.6. The molecule has 3 aromatic rings. The topological polar surface area (TPSA) is 85.9 Å². The van der Waals surface area contributed by atoms with Gasteiger partial charge in [-0.25, -0.2) is 9.59 Å². The molecule has 0 aliphatic rings. The van der Waals surface area contributed by atoms with Crippen LogP contribution in [0.25, 0.3) is 11.1 Å². The number of ether oxygens (including phenoxy) is 3. The Kier molecular flexibility index (Phi) is 8.07. The SMILES string of the molecule is COC(=O)c1ccc(Oc2cccc(-c3ccc(OC)cc3)c2)c(SNC(=O)NC(C)(C)C)c1. The number of amides is 2. The van der Waals surface area contributed by atoms with Crippen LogP contribution < -0.4 is 19.5 Å². The summed E-state index contributed by atoms with van der Waals surface area (Å²) in [7, 11) is 2.95. The number of nitrogens with one attached hydrogen (secondary N) is 2. The van der Waals surface area contributed by atoms with Gasteiger partial charge in [-0.1, -0.05) is 24.3 Å². The molecule has 34 heavy (non-hydrogen) atoms. The number of hydrogen-bond donors (Lipinski definition) is 2. The molecule has 0 spiro atoms. The number of carbonyl (C=O) groups excluding carboxylic acids is 2. The quantitative estimate of drug-likeness (QED) is 0.316. The minimum atomic E-state index is -0.478. The first-order valence-corrected chi connectivity index (χ1v) is 11.4. The summed E-state index contributed by atoms with van der Waals surface area (Å²) in [6, 6.07) is 20.0. The lowest BCUT2D eigenvalue weighted by atomic mass is 10.1. The molecule has 178 valence electrons. The van der Waals surface area contributed by atoms with Crippen molar-refractivity contribution in [2.75, 3.05) is 14.2 Å². The van der Waals surface area contributed by atoms with E-state index >= 15 is 0 Å². The smallest absolute Gasteiger partial charge is 0.337 e. The third-order valence-electron chi connectivity index (χ3n) is 4.59. The number of urea groups is 1. The summed E-state index contributed by atoms with van der Waals surface area (Å²) < 4.78 is 18.9. The fourth-order valence-electron chi connectivity index (χ4n) is 3.03. The molecule has 0 radical (unpaired) electrons. The van der Waals surface area contributed by atoms with Gasteiger partial charge in [-0.05, 0) is 86.3 Å². The fraction of sp³-hybridized carbons (Fsp3) is 0.231. The molecular formula is C26H28N2O5S. The summed E-state index contributed by atoms with van der Waals surface area (Å²) >= 11 is 1.05. The van der Waals surface area contributed by atoms with E-state index in [1.54, 1.807) is 25.3 Å². The van der Waals surface area contributed by atoms with Crippen LogP contribution in [-0.2, 0) is 4.74 Å². The largest absolute Gasteiger partial charge is 0.497 e. The molecule has 2 N–H and O–H groups in total. The maximum atomic E-state index is 12.2. The van der Waals surface area contributed by atoms with E-state index in [0.717, 1.165) is 28.8 Å². The van der Waals surface area contributed by atoms with Crippen molar-refractivity contribution >= 4 is 23.9 Å². The average Bonchev–Trinajstić information content (AvgIpc) is 2.82. The number of carbonyl (C=O) groups is 2. The minimum Gasteiger partial charge on any atom is -0.497 e. The van der Waals surface area contributed by atoms with Crippen LogP contribution in [0.5, 0.6) is 17.2 Å². The highest BCUT2D eigenvalue weighted by Gasteiger charge is 2.17. The maximum Gasteiger partial charge on any atom is 0.337 e. The van der Waals surface area contributed by atoms with Crippen molar-refractivity contribution in [2.45, 2.75) is 31.2 Å². The first kappa shape index (κ1) is 25.0. The van der Waals surface area contributed by atoms with E-state index in [1.807, 2.05) is 69.3 Å². The Bertz CT molecular complexity index is 1160. The highest BCUT2D eigenvalue weighted by atomic mass is 32.2. The second kappa shape index (κ2) is 11.0. The zero-order chi connectivity index (χ0) is 24.7. The van der Waals surface area contributed by atoms with E-state index in [4.69, 9.17) is 14.2 Å². The molecule has 0 heterocycles. The van der Waals surface area contributed by atoms with Gasteiger partial charge in [0.15, 0.2) is 0 Å². The second-order valence-electron chi connectivity index (χ2n) is 8.42. The van der Waals surface area contributed by atoms with Gasteiger partial charge in [-0.2, -0.15) is 0 Å². The number of rotatable bonds is 7. The fourth-order valence-corrected chi connectivity index (χ4v) is 3.68. The second-order valence-corrected chi connectivity index (χ2v) is 9.27. The molecule has 0 aliphatic heterocycles. The third kappa shape index (κ3) is 6.92. The number of hydrogen-bond acceptors (Lipinski definition) is 6. The minimum absolute atomic E-state index is 0.349. The summed E-state index contributed by atoms with van der Waals surface area (Å²) in [4.78, 5) is 24.8. The van der Waals surface area contributed by atoms with E-state index in [1.165, 1.54) is 7.11 Å². The molecule has 0 atom stereocenters. The predicted octanol–water partition coefficient (Wildman–Crippen LogP) is 6.05. The molecule has 8 heteroatoms. The van der Waals surface area contributed by atoms with Crippen molar-refractivity contribution in [3.8, 4) is 28.4 Å². The Morgan fingerprint density at radius 1 is 0.853 bits per heavy atom. The van der Waals surface area contributed by atoms with Crippen LogP contribution in [0.15, 0.2) is 71.6 Å². The van der Waals surface area contributed by atoms with Gasteiger partial charge < -0.3 is 19.5 Å². The summed E-state index contributed by atoms with van der Waals surface area (Å²) in [5.74, 6) is 1.40. The lowest BCUT2D eigenvalue weighted by Gasteiger charge is -2.20. The zero-order valence-corrected chi connectivity index (χ0v) is 20.6. The van der Waals surface area contributed by atoms with Gasteiger partial charge in [-0.3, -0.25) is 4.72 Å². The van der Waals surface area contributed by atoms with Crippen molar-refractivity contribution < 1.29 is 23.8 Å². The van der Waals surface area contributed by atoms with Gasteiger partial charge in [0, 0.05) is 5.54 Å². The summed E-state index contributed by atoms with van der Waals surface area (Å²) in [5.41, 5.74) is 1.95. The molecule has 0 saturated carbocycles. The zero-order valence-electron chi connectivity index (χ0n) is 19.8. The van der Waals surface area contributed by atoms with Crippen LogP contribution in [0.3, 0.4) is 0 Å². The Balaban J connectivity index is 1.85. The molecule has 0 aromatic heterocycles. The van der Waals surface area contributed by atoms with Crippen LogP contribution in [0, 0.1) is 0 Å².